The molecule has 0 aliphatic heterocycles. The smallest absolute Gasteiger partial charge is 0.508 e. The first-order valence-electron chi connectivity index (χ1n) is 9.37. The van der Waals surface area contributed by atoms with E-state index in [4.69, 9.17) is 9.31 Å². The molecule has 3 N–H and O–H groups in total. The summed E-state index contributed by atoms with van der Waals surface area (Å²) in [6, 6.07) is 28.2. The van der Waals surface area contributed by atoms with Crippen molar-refractivity contribution in [3.63, 3.8) is 0 Å². The van der Waals surface area contributed by atoms with Gasteiger partial charge in [0.05, 0.1) is 0 Å². The highest BCUT2D eigenvalue weighted by molar-refractivity contribution is 6.36. The molecule has 0 aromatic heterocycles. The van der Waals surface area contributed by atoms with E-state index in [1.54, 1.807) is 48.5 Å². The summed E-state index contributed by atoms with van der Waals surface area (Å²) in [6.07, 6.45) is 0. The Morgan fingerprint density at radius 1 is 0.433 bits per heavy atom. The average molecular weight is 398 g/mol. The average Bonchev–Trinajstić information content (AvgIpc) is 2.76. The summed E-state index contributed by atoms with van der Waals surface area (Å²) in [5, 5.41) is 28.9. The topological polar surface area (TPSA) is 79.2 Å². The number of phenolic OH excluding ortho intramolecular Hbond substituents is 2. The molecular weight excluding hydrogens is 379 g/mol. The van der Waals surface area contributed by atoms with Crippen LogP contribution in [0.1, 0.15) is 0 Å². The van der Waals surface area contributed by atoms with Gasteiger partial charge in [-0.05, 0) is 70.8 Å². The monoisotopic (exact) mass is 398 g/mol. The number of hydrogen-bond donors (Lipinski definition) is 3. The molecule has 0 amide bonds. The highest BCUT2D eigenvalue weighted by Crippen LogP contribution is 2.26. The Morgan fingerprint density at radius 2 is 0.700 bits per heavy atom. The van der Waals surface area contributed by atoms with Gasteiger partial charge in [-0.3, -0.25) is 0 Å². The predicted octanol–water partition coefficient (Wildman–Crippen LogP) is 4.87. The van der Waals surface area contributed by atoms with Crippen molar-refractivity contribution in [1.29, 1.82) is 0 Å². The molecule has 0 aliphatic carbocycles. The van der Waals surface area contributed by atoms with Crippen LogP contribution in [0.15, 0.2) is 97.1 Å². The van der Waals surface area contributed by atoms with Crippen molar-refractivity contribution in [1.82, 2.24) is 0 Å². The molecule has 4 aromatic rings. The minimum Gasteiger partial charge on any atom is -0.508 e. The van der Waals surface area contributed by atoms with E-state index < -0.39 is 7.32 Å². The van der Waals surface area contributed by atoms with Crippen LogP contribution in [0.25, 0.3) is 22.3 Å². The second-order valence-electron chi connectivity index (χ2n) is 6.69. The number of hydrogen-bond acceptors (Lipinski definition) is 5. The van der Waals surface area contributed by atoms with Gasteiger partial charge in [-0.25, -0.2) is 0 Å². The van der Waals surface area contributed by atoms with Crippen LogP contribution >= 0.6 is 0 Å². The molecule has 5 nitrogen and oxygen atoms in total. The van der Waals surface area contributed by atoms with Crippen LogP contribution in [-0.2, 0) is 0 Å². The van der Waals surface area contributed by atoms with Gasteiger partial charge in [-0.2, -0.15) is 0 Å². The normalized spacial score (nSPS) is 10.4. The van der Waals surface area contributed by atoms with Gasteiger partial charge >= 0.3 is 7.32 Å². The van der Waals surface area contributed by atoms with E-state index in [-0.39, 0.29) is 11.5 Å². The summed E-state index contributed by atoms with van der Waals surface area (Å²) in [7, 11) is -1.45. The molecule has 0 atom stereocenters. The lowest BCUT2D eigenvalue weighted by Crippen LogP contribution is -2.29. The van der Waals surface area contributed by atoms with Gasteiger partial charge < -0.3 is 24.5 Å². The molecule has 0 aliphatic rings. The molecule has 4 rings (SSSR count). The molecule has 0 fully saturated rings. The number of benzene rings is 4. The van der Waals surface area contributed by atoms with Crippen LogP contribution in [0.3, 0.4) is 0 Å². The predicted molar refractivity (Wildman–Crippen MR) is 116 cm³/mol. The second kappa shape index (κ2) is 8.63. The van der Waals surface area contributed by atoms with E-state index in [9.17, 15) is 15.2 Å². The molecule has 0 saturated heterocycles. The Kier molecular flexibility index (Phi) is 5.59. The minimum atomic E-state index is -1.45. The second-order valence-corrected chi connectivity index (χ2v) is 6.69. The zero-order valence-corrected chi connectivity index (χ0v) is 16.0. The van der Waals surface area contributed by atoms with Gasteiger partial charge in [0.15, 0.2) is 0 Å². The Morgan fingerprint density at radius 3 is 1.00 bits per heavy atom. The fourth-order valence-electron chi connectivity index (χ4n) is 3.02. The Bertz CT molecular complexity index is 1000. The van der Waals surface area contributed by atoms with Crippen molar-refractivity contribution in [2.45, 2.75) is 0 Å². The van der Waals surface area contributed by atoms with E-state index in [0.29, 0.717) is 11.5 Å². The summed E-state index contributed by atoms with van der Waals surface area (Å²) in [5.74, 6) is 1.36. The SMILES string of the molecule is OB(Oc1ccc(-c2ccc(O)cc2)cc1)Oc1ccc(-c2ccc(O)cc2)cc1. The molecule has 6 heteroatoms. The maximum Gasteiger partial charge on any atom is 0.785 e. The number of phenols is 2. The first-order valence-corrected chi connectivity index (χ1v) is 9.37. The third-order valence-corrected chi connectivity index (χ3v) is 4.58. The molecule has 0 radical (unpaired) electrons. The lowest BCUT2D eigenvalue weighted by Gasteiger charge is -2.12. The van der Waals surface area contributed by atoms with E-state index in [1.165, 1.54) is 0 Å². The lowest BCUT2D eigenvalue weighted by molar-refractivity contribution is 0.298. The summed E-state index contributed by atoms with van der Waals surface area (Å²) in [4.78, 5) is 0. The highest BCUT2D eigenvalue weighted by atomic mass is 16.7. The number of rotatable bonds is 6. The van der Waals surface area contributed by atoms with Crippen molar-refractivity contribution >= 4 is 7.32 Å². The first-order chi connectivity index (χ1) is 14.6. The lowest BCUT2D eigenvalue weighted by atomic mass is 10.1. The molecule has 0 unspecified atom stereocenters. The van der Waals surface area contributed by atoms with Crippen molar-refractivity contribution in [2.75, 3.05) is 0 Å². The highest BCUT2D eigenvalue weighted by Gasteiger charge is 2.21. The fourth-order valence-corrected chi connectivity index (χ4v) is 3.02. The molecular formula is C24H19BO5. The Hall–Kier alpha value is -3.90. The summed E-state index contributed by atoms with van der Waals surface area (Å²) >= 11 is 0. The maximum atomic E-state index is 10.1. The van der Waals surface area contributed by atoms with Crippen LogP contribution in [0.2, 0.25) is 0 Å². The first kappa shape index (κ1) is 19.4. The van der Waals surface area contributed by atoms with Crippen LogP contribution in [0.5, 0.6) is 23.0 Å². The summed E-state index contributed by atoms with van der Waals surface area (Å²) in [6.45, 7) is 0. The molecule has 0 spiro atoms. The van der Waals surface area contributed by atoms with Gasteiger partial charge in [0.2, 0.25) is 0 Å². The number of aromatic hydroxyl groups is 2. The van der Waals surface area contributed by atoms with Crippen molar-refractivity contribution in [3.8, 4) is 45.3 Å². The van der Waals surface area contributed by atoms with Crippen molar-refractivity contribution in [3.05, 3.63) is 97.1 Å². The van der Waals surface area contributed by atoms with Gasteiger partial charge in [-0.1, -0.05) is 48.5 Å². The maximum absolute atomic E-state index is 10.1. The van der Waals surface area contributed by atoms with Gasteiger partial charge in [0.1, 0.15) is 23.0 Å². The Balaban J connectivity index is 1.36. The third kappa shape index (κ3) is 4.74. The fraction of sp³-hybridized carbons (Fsp3) is 0. The largest absolute Gasteiger partial charge is 0.785 e. The zero-order chi connectivity index (χ0) is 20.9. The molecule has 0 bridgehead atoms. The van der Waals surface area contributed by atoms with E-state index in [0.717, 1.165) is 22.3 Å². The Labute approximate surface area is 174 Å². The van der Waals surface area contributed by atoms with Crippen LogP contribution in [0.4, 0.5) is 0 Å². The van der Waals surface area contributed by atoms with Crippen LogP contribution < -0.4 is 9.31 Å². The zero-order valence-electron chi connectivity index (χ0n) is 16.0. The van der Waals surface area contributed by atoms with Gasteiger partial charge in [-0.15, -0.1) is 0 Å². The molecule has 30 heavy (non-hydrogen) atoms. The van der Waals surface area contributed by atoms with E-state index in [2.05, 4.69) is 0 Å². The van der Waals surface area contributed by atoms with Crippen molar-refractivity contribution < 1.29 is 24.5 Å². The van der Waals surface area contributed by atoms with E-state index in [1.807, 2.05) is 48.5 Å². The molecule has 148 valence electrons. The van der Waals surface area contributed by atoms with E-state index >= 15 is 0 Å². The van der Waals surface area contributed by atoms with Crippen LogP contribution in [-0.4, -0.2) is 22.6 Å². The minimum absolute atomic E-state index is 0.218. The molecule has 0 saturated carbocycles. The van der Waals surface area contributed by atoms with Gasteiger partial charge in [0, 0.05) is 0 Å². The van der Waals surface area contributed by atoms with Gasteiger partial charge in [0.25, 0.3) is 0 Å². The molecule has 4 aromatic carbocycles. The quantitative estimate of drug-likeness (QED) is 0.404. The summed E-state index contributed by atoms with van der Waals surface area (Å²) in [5.41, 5.74) is 3.85. The third-order valence-electron chi connectivity index (χ3n) is 4.58. The van der Waals surface area contributed by atoms with Crippen LogP contribution in [0, 0.1) is 0 Å². The summed E-state index contributed by atoms with van der Waals surface area (Å²) < 4.78 is 10.8. The standard InChI is InChI=1S/C24H19BO5/c26-21-9-1-17(2-10-21)19-5-13-23(14-6-19)29-25(28)30-24-15-7-20(8-16-24)18-3-11-22(27)12-4-18/h1-16,26-28H. The molecule has 0 heterocycles. The van der Waals surface area contributed by atoms with Crippen molar-refractivity contribution in [2.24, 2.45) is 0 Å².